The van der Waals surface area contributed by atoms with Crippen LogP contribution in [0.2, 0.25) is 0 Å². The Morgan fingerprint density at radius 3 is 2.76 bits per heavy atom. The van der Waals surface area contributed by atoms with E-state index in [1.807, 2.05) is 45.0 Å². The summed E-state index contributed by atoms with van der Waals surface area (Å²) in [6, 6.07) is 6.03. The van der Waals surface area contributed by atoms with E-state index < -0.39 is 0 Å². The predicted octanol–water partition coefficient (Wildman–Crippen LogP) is 2.06. The van der Waals surface area contributed by atoms with Gasteiger partial charge >= 0.3 is 0 Å². The number of rotatable bonds is 3. The Balaban J connectivity index is 1.95. The van der Waals surface area contributed by atoms with Crippen LogP contribution in [0, 0.1) is 13.8 Å². The van der Waals surface area contributed by atoms with E-state index in [0.29, 0.717) is 18.8 Å². The average molecular weight is 340 g/mol. The van der Waals surface area contributed by atoms with E-state index in [-0.39, 0.29) is 11.9 Å². The van der Waals surface area contributed by atoms with Crippen molar-refractivity contribution in [3.63, 3.8) is 0 Å². The fourth-order valence-electron chi connectivity index (χ4n) is 3.02. The van der Waals surface area contributed by atoms with E-state index in [9.17, 15) is 4.79 Å². The van der Waals surface area contributed by atoms with Gasteiger partial charge in [0.25, 0.3) is 5.91 Å². The van der Waals surface area contributed by atoms with Crippen LogP contribution in [-0.2, 0) is 6.54 Å². The number of benzene rings is 1. The van der Waals surface area contributed by atoms with Gasteiger partial charge in [0.1, 0.15) is 18.1 Å². The summed E-state index contributed by atoms with van der Waals surface area (Å²) in [5.74, 6) is 0.733. The molecule has 6 nitrogen and oxygen atoms in total. The van der Waals surface area contributed by atoms with Crippen LogP contribution in [0.1, 0.15) is 27.3 Å². The minimum Gasteiger partial charge on any atom is -0.491 e. The summed E-state index contributed by atoms with van der Waals surface area (Å²) in [4.78, 5) is 25.5. The molecule has 0 saturated carbocycles. The van der Waals surface area contributed by atoms with E-state index in [1.165, 1.54) is 0 Å². The second kappa shape index (κ2) is 7.19. The van der Waals surface area contributed by atoms with Crippen LogP contribution < -0.4 is 4.74 Å². The molecule has 1 amide bonds. The highest BCUT2D eigenvalue weighted by Crippen LogP contribution is 2.27. The van der Waals surface area contributed by atoms with Crippen LogP contribution in [0.15, 0.2) is 30.6 Å². The van der Waals surface area contributed by atoms with Crippen molar-refractivity contribution in [1.82, 2.24) is 19.8 Å². The fraction of sp³-hybridized carbons (Fsp3) is 0.421. The Labute approximate surface area is 148 Å². The third-order valence-corrected chi connectivity index (χ3v) is 4.27. The molecule has 1 aromatic heterocycles. The number of aryl methyl sites for hydroxylation is 2. The SMILES string of the molecule is Cc1ccc2c(c1)CN(C(=O)c1cnc(C)cn1)[C@H](CN(C)C)CO2. The van der Waals surface area contributed by atoms with Crippen molar-refractivity contribution in [3.8, 4) is 5.75 Å². The van der Waals surface area contributed by atoms with Crippen LogP contribution in [0.3, 0.4) is 0 Å². The zero-order chi connectivity index (χ0) is 18.0. The molecule has 0 N–H and O–H groups in total. The van der Waals surface area contributed by atoms with Crippen LogP contribution in [-0.4, -0.2) is 59.0 Å². The lowest BCUT2D eigenvalue weighted by Crippen LogP contribution is -2.47. The normalized spacial score (nSPS) is 17.0. The highest BCUT2D eigenvalue weighted by molar-refractivity contribution is 5.92. The molecule has 2 heterocycles. The molecule has 3 rings (SSSR count). The topological polar surface area (TPSA) is 58.6 Å². The number of aromatic nitrogens is 2. The van der Waals surface area contributed by atoms with Crippen molar-refractivity contribution in [2.75, 3.05) is 27.2 Å². The lowest BCUT2D eigenvalue weighted by atomic mass is 10.1. The summed E-state index contributed by atoms with van der Waals surface area (Å²) in [6.07, 6.45) is 3.17. The van der Waals surface area contributed by atoms with Crippen LogP contribution in [0.5, 0.6) is 5.75 Å². The first-order valence-corrected chi connectivity index (χ1v) is 8.40. The molecule has 1 aromatic carbocycles. The monoisotopic (exact) mass is 340 g/mol. The molecule has 0 bridgehead atoms. The smallest absolute Gasteiger partial charge is 0.274 e. The molecule has 0 spiro atoms. The fourth-order valence-corrected chi connectivity index (χ4v) is 3.02. The van der Waals surface area contributed by atoms with Gasteiger partial charge in [-0.2, -0.15) is 0 Å². The maximum absolute atomic E-state index is 13.1. The number of ether oxygens (including phenoxy) is 1. The molecular formula is C19H24N4O2. The van der Waals surface area contributed by atoms with Crippen molar-refractivity contribution < 1.29 is 9.53 Å². The standard InChI is InChI=1S/C19H24N4O2/c1-13-5-6-18-15(7-13)10-23(16(12-25-18)11-22(3)4)19(24)17-9-20-14(2)8-21-17/h5-9,16H,10-12H2,1-4H3/t16-/m1/s1. The van der Waals surface area contributed by atoms with E-state index in [1.54, 1.807) is 12.4 Å². The molecule has 0 aliphatic carbocycles. The maximum Gasteiger partial charge on any atom is 0.274 e. The van der Waals surface area contributed by atoms with Crippen molar-refractivity contribution in [3.05, 3.63) is 53.1 Å². The molecule has 25 heavy (non-hydrogen) atoms. The Morgan fingerprint density at radius 1 is 1.28 bits per heavy atom. The number of hydrogen-bond donors (Lipinski definition) is 0. The van der Waals surface area contributed by atoms with Crippen LogP contribution in [0.25, 0.3) is 0 Å². The number of hydrogen-bond acceptors (Lipinski definition) is 5. The lowest BCUT2D eigenvalue weighted by molar-refractivity contribution is 0.0577. The first-order valence-electron chi connectivity index (χ1n) is 8.40. The largest absolute Gasteiger partial charge is 0.491 e. The number of carbonyl (C=O) groups is 1. The Kier molecular flexibility index (Phi) is 4.99. The highest BCUT2D eigenvalue weighted by Gasteiger charge is 2.30. The molecule has 0 unspecified atom stereocenters. The van der Waals surface area contributed by atoms with Gasteiger partial charge in [0.05, 0.1) is 24.5 Å². The lowest BCUT2D eigenvalue weighted by Gasteiger charge is -2.31. The van der Waals surface area contributed by atoms with Gasteiger partial charge in [-0.3, -0.25) is 9.78 Å². The zero-order valence-electron chi connectivity index (χ0n) is 15.2. The van der Waals surface area contributed by atoms with Gasteiger partial charge in [0, 0.05) is 18.3 Å². The Hall–Kier alpha value is -2.47. The zero-order valence-corrected chi connectivity index (χ0v) is 15.2. The van der Waals surface area contributed by atoms with Crippen molar-refractivity contribution >= 4 is 5.91 Å². The third-order valence-electron chi connectivity index (χ3n) is 4.27. The van der Waals surface area contributed by atoms with Crippen molar-refractivity contribution in [1.29, 1.82) is 0 Å². The number of amides is 1. The van der Waals surface area contributed by atoms with Gasteiger partial charge in [-0.1, -0.05) is 17.7 Å². The second-order valence-electron chi connectivity index (χ2n) is 6.81. The van der Waals surface area contributed by atoms with Gasteiger partial charge in [0.15, 0.2) is 0 Å². The quantitative estimate of drug-likeness (QED) is 0.856. The second-order valence-corrected chi connectivity index (χ2v) is 6.81. The first kappa shape index (κ1) is 17.4. The molecule has 6 heteroatoms. The number of carbonyl (C=O) groups excluding carboxylic acids is 1. The Morgan fingerprint density at radius 2 is 2.08 bits per heavy atom. The molecule has 1 atom stereocenters. The summed E-state index contributed by atoms with van der Waals surface area (Å²) >= 11 is 0. The van der Waals surface area contributed by atoms with E-state index in [2.05, 4.69) is 20.9 Å². The summed E-state index contributed by atoms with van der Waals surface area (Å²) in [7, 11) is 3.99. The van der Waals surface area contributed by atoms with E-state index in [0.717, 1.165) is 29.1 Å². The molecule has 1 aliphatic heterocycles. The number of nitrogens with zero attached hydrogens (tertiary/aromatic N) is 4. The molecule has 1 aliphatic rings. The van der Waals surface area contributed by atoms with Crippen LogP contribution >= 0.6 is 0 Å². The molecular weight excluding hydrogens is 316 g/mol. The molecule has 0 radical (unpaired) electrons. The molecule has 0 saturated heterocycles. The minimum atomic E-state index is -0.114. The molecule has 2 aromatic rings. The van der Waals surface area contributed by atoms with E-state index >= 15 is 0 Å². The molecule has 0 fully saturated rings. The highest BCUT2D eigenvalue weighted by atomic mass is 16.5. The van der Waals surface area contributed by atoms with Gasteiger partial charge in [-0.15, -0.1) is 0 Å². The maximum atomic E-state index is 13.1. The minimum absolute atomic E-state index is 0.0571. The predicted molar refractivity (Wildman–Crippen MR) is 95.7 cm³/mol. The molecule has 132 valence electrons. The number of fused-ring (bicyclic) bond motifs is 1. The van der Waals surface area contributed by atoms with Gasteiger partial charge in [-0.25, -0.2) is 4.98 Å². The van der Waals surface area contributed by atoms with Gasteiger partial charge in [0.2, 0.25) is 0 Å². The van der Waals surface area contributed by atoms with Crippen LogP contribution in [0.4, 0.5) is 0 Å². The summed E-state index contributed by atoms with van der Waals surface area (Å²) < 4.78 is 6.00. The van der Waals surface area contributed by atoms with Gasteiger partial charge in [-0.05, 0) is 34.0 Å². The number of likely N-dealkylation sites (N-methyl/N-ethyl adjacent to an activating group) is 1. The third kappa shape index (κ3) is 3.96. The summed E-state index contributed by atoms with van der Waals surface area (Å²) in [6.45, 7) is 5.58. The van der Waals surface area contributed by atoms with Crippen molar-refractivity contribution in [2.45, 2.75) is 26.4 Å². The summed E-state index contributed by atoms with van der Waals surface area (Å²) in [5.41, 5.74) is 3.33. The van der Waals surface area contributed by atoms with E-state index in [4.69, 9.17) is 4.74 Å². The average Bonchev–Trinajstić information content (AvgIpc) is 2.74. The van der Waals surface area contributed by atoms with Gasteiger partial charge < -0.3 is 14.5 Å². The summed E-state index contributed by atoms with van der Waals surface area (Å²) in [5, 5.41) is 0. The Bertz CT molecular complexity index is 759. The van der Waals surface area contributed by atoms with Crippen molar-refractivity contribution in [2.24, 2.45) is 0 Å². The first-order chi connectivity index (χ1) is 11.9.